The molecule has 3 rings (SSSR count). The van der Waals surface area contributed by atoms with Crippen molar-refractivity contribution in [1.29, 1.82) is 0 Å². The fraction of sp³-hybridized carbons (Fsp3) is 0.350. The Balaban J connectivity index is 1.49. The van der Waals surface area contributed by atoms with E-state index in [0.29, 0.717) is 49.9 Å². The van der Waals surface area contributed by atoms with E-state index in [-0.39, 0.29) is 12.0 Å². The van der Waals surface area contributed by atoms with E-state index in [4.69, 9.17) is 16.3 Å². The Hall–Kier alpha value is -2.80. The predicted molar refractivity (Wildman–Crippen MR) is 108 cm³/mol. The summed E-state index contributed by atoms with van der Waals surface area (Å²) in [4.78, 5) is 32.3. The normalized spacial score (nSPS) is 13.9. The van der Waals surface area contributed by atoms with Gasteiger partial charge >= 0.3 is 12.0 Å². The van der Waals surface area contributed by atoms with Crippen LogP contribution in [0.15, 0.2) is 42.6 Å². The van der Waals surface area contributed by atoms with E-state index in [2.05, 4.69) is 15.2 Å². The quantitative estimate of drug-likeness (QED) is 0.778. The van der Waals surface area contributed by atoms with E-state index >= 15 is 0 Å². The molecular weight excluding hydrogens is 380 g/mol. The molecule has 2 amide bonds. The summed E-state index contributed by atoms with van der Waals surface area (Å²) < 4.78 is 4.96. The van der Waals surface area contributed by atoms with Crippen LogP contribution in [-0.2, 0) is 11.3 Å². The number of rotatable bonds is 5. The highest BCUT2D eigenvalue weighted by Gasteiger charge is 2.22. The summed E-state index contributed by atoms with van der Waals surface area (Å²) >= 11 is 6.12. The number of aromatic nitrogens is 1. The van der Waals surface area contributed by atoms with Crippen molar-refractivity contribution in [2.75, 3.05) is 37.7 Å². The number of carbonyl (C=O) groups is 2. The van der Waals surface area contributed by atoms with Crippen LogP contribution in [0, 0.1) is 0 Å². The van der Waals surface area contributed by atoms with Gasteiger partial charge in [0.15, 0.2) is 0 Å². The summed E-state index contributed by atoms with van der Waals surface area (Å²) in [7, 11) is 0. The number of anilines is 1. The van der Waals surface area contributed by atoms with Gasteiger partial charge in [-0.2, -0.15) is 0 Å². The van der Waals surface area contributed by atoms with Crippen molar-refractivity contribution >= 4 is 29.4 Å². The number of hydrogen-bond donors (Lipinski definition) is 1. The number of halogens is 1. The fourth-order valence-corrected chi connectivity index (χ4v) is 3.17. The maximum atomic E-state index is 12.4. The lowest BCUT2D eigenvalue weighted by molar-refractivity contribution is 0.0526. The number of hydrogen-bond acceptors (Lipinski definition) is 5. The second-order valence-electron chi connectivity index (χ2n) is 6.35. The molecule has 0 atom stereocenters. The number of nitrogens with zero attached hydrogens (tertiary/aromatic N) is 3. The zero-order valence-electron chi connectivity index (χ0n) is 15.7. The largest absolute Gasteiger partial charge is 0.462 e. The average molecular weight is 403 g/mol. The molecule has 7 nitrogen and oxygen atoms in total. The fourth-order valence-electron chi connectivity index (χ4n) is 2.97. The van der Waals surface area contributed by atoms with Crippen molar-refractivity contribution in [1.82, 2.24) is 15.2 Å². The molecule has 0 bridgehead atoms. The van der Waals surface area contributed by atoms with Crippen molar-refractivity contribution in [2.24, 2.45) is 0 Å². The zero-order valence-corrected chi connectivity index (χ0v) is 16.5. The van der Waals surface area contributed by atoms with Gasteiger partial charge in [-0.05, 0) is 30.7 Å². The number of esters is 1. The Kier molecular flexibility index (Phi) is 6.71. The molecule has 28 heavy (non-hydrogen) atoms. The standard InChI is InChI=1S/C20H23ClN4O3/c1-2-28-19(26)16-7-8-18(22-14-16)24-9-11-25(12-10-24)20(27)23-13-15-5-3-4-6-17(15)21/h3-8,14H,2,9-13H2,1H3,(H,23,27). The Morgan fingerprint density at radius 3 is 2.54 bits per heavy atom. The molecule has 0 saturated carbocycles. The molecule has 0 unspecified atom stereocenters. The van der Waals surface area contributed by atoms with Crippen LogP contribution in [0.25, 0.3) is 0 Å². The van der Waals surface area contributed by atoms with Crippen LogP contribution in [-0.4, -0.2) is 54.7 Å². The van der Waals surface area contributed by atoms with Gasteiger partial charge in [0, 0.05) is 43.9 Å². The summed E-state index contributed by atoms with van der Waals surface area (Å²) in [6.45, 7) is 5.03. The number of amides is 2. The first-order chi connectivity index (χ1) is 13.6. The van der Waals surface area contributed by atoms with Crippen molar-refractivity contribution in [3.8, 4) is 0 Å². The third-order valence-corrected chi connectivity index (χ3v) is 4.91. The van der Waals surface area contributed by atoms with E-state index in [1.165, 1.54) is 6.20 Å². The number of benzene rings is 1. The molecule has 2 aromatic rings. The van der Waals surface area contributed by atoms with Gasteiger partial charge in [0.1, 0.15) is 5.82 Å². The molecule has 1 aromatic heterocycles. The molecule has 0 aliphatic carbocycles. The van der Waals surface area contributed by atoms with Gasteiger partial charge in [-0.25, -0.2) is 14.6 Å². The first-order valence-electron chi connectivity index (χ1n) is 9.22. The first kappa shape index (κ1) is 19.9. The number of piperazine rings is 1. The summed E-state index contributed by atoms with van der Waals surface area (Å²) in [5.41, 5.74) is 1.32. The van der Waals surface area contributed by atoms with E-state index in [0.717, 1.165) is 11.4 Å². The molecule has 2 heterocycles. The van der Waals surface area contributed by atoms with Gasteiger partial charge in [-0.1, -0.05) is 29.8 Å². The summed E-state index contributed by atoms with van der Waals surface area (Å²) in [6, 6.07) is 10.9. The van der Waals surface area contributed by atoms with E-state index < -0.39 is 0 Å². The van der Waals surface area contributed by atoms with E-state index in [1.807, 2.05) is 24.3 Å². The van der Waals surface area contributed by atoms with Crippen LogP contribution in [0.5, 0.6) is 0 Å². The minimum absolute atomic E-state index is 0.106. The maximum Gasteiger partial charge on any atom is 0.339 e. The molecule has 0 radical (unpaired) electrons. The lowest BCUT2D eigenvalue weighted by Crippen LogP contribution is -2.51. The van der Waals surface area contributed by atoms with Crippen molar-refractivity contribution in [3.63, 3.8) is 0 Å². The number of pyridine rings is 1. The molecular formula is C20H23ClN4O3. The molecule has 1 saturated heterocycles. The predicted octanol–water partition coefficient (Wildman–Crippen LogP) is 2.94. The number of urea groups is 1. The van der Waals surface area contributed by atoms with Crippen molar-refractivity contribution in [2.45, 2.75) is 13.5 Å². The molecule has 0 spiro atoms. The zero-order chi connectivity index (χ0) is 19.9. The number of ether oxygens (including phenoxy) is 1. The second-order valence-corrected chi connectivity index (χ2v) is 6.76. The smallest absolute Gasteiger partial charge is 0.339 e. The molecule has 148 valence electrons. The SMILES string of the molecule is CCOC(=O)c1ccc(N2CCN(C(=O)NCc3ccccc3Cl)CC2)nc1. The molecule has 1 N–H and O–H groups in total. The van der Waals surface area contributed by atoms with Crippen LogP contribution < -0.4 is 10.2 Å². The lowest BCUT2D eigenvalue weighted by Gasteiger charge is -2.35. The summed E-state index contributed by atoms with van der Waals surface area (Å²) in [5.74, 6) is 0.408. The highest BCUT2D eigenvalue weighted by molar-refractivity contribution is 6.31. The molecule has 1 aliphatic rings. The van der Waals surface area contributed by atoms with Gasteiger partial charge in [0.2, 0.25) is 0 Å². The van der Waals surface area contributed by atoms with Gasteiger partial charge in [0.05, 0.1) is 12.2 Å². The van der Waals surface area contributed by atoms with Crippen LogP contribution in [0.3, 0.4) is 0 Å². The summed E-state index contributed by atoms with van der Waals surface area (Å²) in [6.07, 6.45) is 1.52. The maximum absolute atomic E-state index is 12.4. The van der Waals surface area contributed by atoms with Gasteiger partial charge in [-0.15, -0.1) is 0 Å². The van der Waals surface area contributed by atoms with E-state index in [1.54, 1.807) is 24.0 Å². The lowest BCUT2D eigenvalue weighted by atomic mass is 10.2. The summed E-state index contributed by atoms with van der Waals surface area (Å²) in [5, 5.41) is 3.56. The van der Waals surface area contributed by atoms with Crippen LogP contribution in [0.2, 0.25) is 5.02 Å². The topological polar surface area (TPSA) is 74.8 Å². The molecule has 1 fully saturated rings. The van der Waals surface area contributed by atoms with Gasteiger partial charge in [0.25, 0.3) is 0 Å². The van der Waals surface area contributed by atoms with Gasteiger partial charge in [-0.3, -0.25) is 0 Å². The highest BCUT2D eigenvalue weighted by atomic mass is 35.5. The molecule has 1 aliphatic heterocycles. The number of nitrogens with one attached hydrogen (secondary N) is 1. The molecule has 8 heteroatoms. The van der Waals surface area contributed by atoms with Crippen LogP contribution in [0.1, 0.15) is 22.8 Å². The Morgan fingerprint density at radius 2 is 1.89 bits per heavy atom. The van der Waals surface area contributed by atoms with Gasteiger partial charge < -0.3 is 19.9 Å². The second kappa shape index (κ2) is 9.41. The van der Waals surface area contributed by atoms with Crippen molar-refractivity contribution < 1.29 is 14.3 Å². The Morgan fingerprint density at radius 1 is 1.14 bits per heavy atom. The minimum Gasteiger partial charge on any atom is -0.462 e. The van der Waals surface area contributed by atoms with Crippen molar-refractivity contribution in [3.05, 3.63) is 58.7 Å². The Labute approximate surface area is 169 Å². The average Bonchev–Trinajstić information content (AvgIpc) is 2.73. The highest BCUT2D eigenvalue weighted by Crippen LogP contribution is 2.16. The minimum atomic E-state index is -0.374. The van der Waals surface area contributed by atoms with E-state index in [9.17, 15) is 9.59 Å². The first-order valence-corrected chi connectivity index (χ1v) is 9.60. The Bertz CT molecular complexity index is 820. The molecule has 1 aromatic carbocycles. The van der Waals surface area contributed by atoms with Crippen LogP contribution in [0.4, 0.5) is 10.6 Å². The third-order valence-electron chi connectivity index (χ3n) is 4.54. The van der Waals surface area contributed by atoms with Crippen LogP contribution >= 0.6 is 11.6 Å². The monoisotopic (exact) mass is 402 g/mol. The number of carbonyl (C=O) groups excluding carboxylic acids is 2. The third kappa shape index (κ3) is 4.92.